The number of nitrogens with one attached hydrogen (secondary N) is 3. The van der Waals surface area contributed by atoms with Gasteiger partial charge in [0.15, 0.2) is 0 Å². The van der Waals surface area contributed by atoms with Crippen molar-refractivity contribution in [2.24, 2.45) is 46.3 Å². The van der Waals surface area contributed by atoms with Crippen molar-refractivity contribution in [3.8, 4) is 11.3 Å². The second-order valence-electron chi connectivity index (χ2n) is 16.7. The fraction of sp³-hybridized carbons (Fsp3) is 0.579. The number of benzene rings is 2. The van der Waals surface area contributed by atoms with E-state index in [0.717, 1.165) is 88.2 Å². The van der Waals surface area contributed by atoms with Crippen LogP contribution in [0.3, 0.4) is 0 Å². The van der Waals surface area contributed by atoms with Crippen molar-refractivity contribution in [1.29, 1.82) is 0 Å². The van der Waals surface area contributed by atoms with Gasteiger partial charge in [-0.05, 0) is 166 Å². The predicted octanol–water partition coefficient (Wildman–Crippen LogP) is 8.08. The second kappa shape index (κ2) is 8.55. The van der Waals surface area contributed by atoms with Crippen LogP contribution >= 0.6 is 0 Å². The van der Waals surface area contributed by atoms with E-state index >= 15 is 0 Å². The first-order valence-electron chi connectivity index (χ1n) is 17.2. The van der Waals surface area contributed by atoms with Crippen LogP contribution in [0.5, 0.6) is 0 Å². The van der Waals surface area contributed by atoms with Gasteiger partial charge in [0.2, 0.25) is 5.91 Å². The number of hydrogen-bond donors (Lipinski definition) is 3. The summed E-state index contributed by atoms with van der Waals surface area (Å²) < 4.78 is 0. The molecule has 2 aromatic carbocycles. The third-order valence-corrected chi connectivity index (χ3v) is 13.8. The molecule has 0 aliphatic heterocycles. The smallest absolute Gasteiger partial charge is 0.251 e. The number of amides is 2. The van der Waals surface area contributed by atoms with E-state index in [1.807, 2.05) is 18.2 Å². The number of fused-ring (bicyclic) bond motifs is 4. The maximum atomic E-state index is 13.7. The monoisotopic (exact) mass is 573 g/mol. The molecule has 222 valence electrons. The van der Waals surface area contributed by atoms with Gasteiger partial charge in [0.1, 0.15) is 0 Å². The fourth-order valence-corrected chi connectivity index (χ4v) is 13.0. The summed E-state index contributed by atoms with van der Waals surface area (Å²) in [7, 11) is 0. The molecule has 8 aliphatic rings. The Balaban J connectivity index is 0.850. The lowest BCUT2D eigenvalue weighted by molar-refractivity contribution is -0.140. The molecule has 0 saturated heterocycles. The number of carbonyl (C=O) groups is 2. The van der Waals surface area contributed by atoms with Crippen LogP contribution in [0.1, 0.15) is 93.8 Å². The summed E-state index contributed by atoms with van der Waals surface area (Å²) in [6.45, 7) is 0. The molecule has 0 radical (unpaired) electrons. The summed E-state index contributed by atoms with van der Waals surface area (Å²) in [5.74, 6) is 5.18. The van der Waals surface area contributed by atoms with Crippen molar-refractivity contribution in [3.63, 3.8) is 0 Å². The van der Waals surface area contributed by atoms with Gasteiger partial charge in [0, 0.05) is 33.4 Å². The average molecular weight is 574 g/mol. The topological polar surface area (TPSA) is 74.0 Å². The van der Waals surface area contributed by atoms with Gasteiger partial charge in [-0.1, -0.05) is 12.1 Å². The van der Waals surface area contributed by atoms with Gasteiger partial charge in [-0.25, -0.2) is 0 Å². The Labute approximate surface area is 254 Å². The molecule has 11 rings (SSSR count). The van der Waals surface area contributed by atoms with Crippen LogP contribution in [0, 0.1) is 46.3 Å². The normalized spacial score (nSPS) is 41.2. The molecule has 3 aromatic rings. The number of hydrogen-bond acceptors (Lipinski definition) is 2. The lowest BCUT2D eigenvalue weighted by atomic mass is 9.49. The Morgan fingerprint density at radius 3 is 2.07 bits per heavy atom. The molecular weight excluding hydrogens is 530 g/mol. The molecular formula is C38H43N3O2. The highest BCUT2D eigenvalue weighted by atomic mass is 16.2. The number of anilines is 1. The van der Waals surface area contributed by atoms with Crippen LogP contribution in [0.4, 0.5) is 5.69 Å². The average Bonchev–Trinajstić information content (AvgIpc) is 3.58. The Morgan fingerprint density at radius 1 is 0.721 bits per heavy atom. The molecule has 43 heavy (non-hydrogen) atoms. The van der Waals surface area contributed by atoms with Crippen molar-refractivity contribution in [1.82, 2.24) is 10.3 Å². The van der Waals surface area contributed by atoms with Crippen LogP contribution in [-0.4, -0.2) is 22.3 Å². The zero-order valence-corrected chi connectivity index (χ0v) is 25.1. The Kier molecular flexibility index (Phi) is 5.02. The fourth-order valence-electron chi connectivity index (χ4n) is 13.0. The van der Waals surface area contributed by atoms with Gasteiger partial charge in [0.25, 0.3) is 5.91 Å². The van der Waals surface area contributed by atoms with Crippen LogP contribution in [-0.2, 0) is 4.79 Å². The number of aromatic amines is 1. The summed E-state index contributed by atoms with van der Waals surface area (Å²) in [6, 6.07) is 16.5. The Hall–Kier alpha value is -3.08. The molecule has 1 spiro atoms. The first kappa shape index (κ1) is 25.3. The highest BCUT2D eigenvalue weighted by molar-refractivity contribution is 5.99. The van der Waals surface area contributed by atoms with Gasteiger partial charge in [0.05, 0.1) is 5.41 Å². The summed E-state index contributed by atoms with van der Waals surface area (Å²) in [5.41, 5.74) is 5.21. The Morgan fingerprint density at radius 2 is 1.40 bits per heavy atom. The molecule has 8 bridgehead atoms. The van der Waals surface area contributed by atoms with Gasteiger partial charge >= 0.3 is 0 Å². The van der Waals surface area contributed by atoms with Crippen LogP contribution in [0.2, 0.25) is 0 Å². The van der Waals surface area contributed by atoms with Crippen molar-refractivity contribution in [2.75, 3.05) is 5.32 Å². The molecule has 5 heteroatoms. The van der Waals surface area contributed by atoms with Crippen molar-refractivity contribution >= 4 is 28.4 Å². The highest BCUT2D eigenvalue weighted by Gasteiger charge is 2.64. The summed E-state index contributed by atoms with van der Waals surface area (Å²) >= 11 is 0. The molecule has 1 heterocycles. The molecule has 2 amide bonds. The zero-order valence-electron chi connectivity index (χ0n) is 25.1. The van der Waals surface area contributed by atoms with Gasteiger partial charge in [-0.2, -0.15) is 0 Å². The highest BCUT2D eigenvalue weighted by Crippen LogP contribution is 2.71. The van der Waals surface area contributed by atoms with E-state index < -0.39 is 0 Å². The molecule has 1 aromatic heterocycles. The van der Waals surface area contributed by atoms with Crippen molar-refractivity contribution in [2.45, 2.75) is 89.0 Å². The van der Waals surface area contributed by atoms with E-state index in [0.29, 0.717) is 5.41 Å². The maximum Gasteiger partial charge on any atom is 0.251 e. The largest absolute Gasteiger partial charge is 0.355 e. The van der Waals surface area contributed by atoms with E-state index in [-0.39, 0.29) is 22.8 Å². The predicted molar refractivity (Wildman–Crippen MR) is 168 cm³/mol. The number of carbonyl (C=O) groups excluding carboxylic acids is 2. The Bertz CT molecular complexity index is 1610. The van der Waals surface area contributed by atoms with Gasteiger partial charge in [-0.3, -0.25) is 9.59 Å². The van der Waals surface area contributed by atoms with Crippen LogP contribution in [0.25, 0.3) is 22.2 Å². The number of aromatic nitrogens is 1. The van der Waals surface area contributed by atoms with E-state index in [9.17, 15) is 9.59 Å². The molecule has 5 nitrogen and oxygen atoms in total. The van der Waals surface area contributed by atoms with Crippen molar-refractivity contribution < 1.29 is 9.59 Å². The molecule has 0 unspecified atom stereocenters. The molecule has 8 saturated carbocycles. The number of H-pyrrole nitrogens is 1. The molecule has 3 N–H and O–H groups in total. The van der Waals surface area contributed by atoms with E-state index in [1.54, 1.807) is 0 Å². The SMILES string of the molecule is O=C(NC12C[C@H]3CC4C[C@H](C1)CC4(C3)C2)c1ccc2[nH]c(-c3ccc(NC(=O)C45CC6CC(CC(C6)C4)C5)cc3)cc2c1. The van der Waals surface area contributed by atoms with Crippen LogP contribution < -0.4 is 10.6 Å². The molecule has 8 aliphatic carbocycles. The first-order chi connectivity index (χ1) is 20.8. The molecule has 2 atom stereocenters. The second-order valence-corrected chi connectivity index (χ2v) is 16.7. The maximum absolute atomic E-state index is 13.7. The van der Waals surface area contributed by atoms with Gasteiger partial charge in [-0.15, -0.1) is 0 Å². The third-order valence-electron chi connectivity index (χ3n) is 13.8. The lowest BCUT2D eigenvalue weighted by Gasteiger charge is -2.55. The zero-order chi connectivity index (χ0) is 28.6. The van der Waals surface area contributed by atoms with E-state index in [4.69, 9.17) is 0 Å². The summed E-state index contributed by atoms with van der Waals surface area (Å²) in [4.78, 5) is 30.7. The van der Waals surface area contributed by atoms with Crippen LogP contribution in [0.15, 0.2) is 48.5 Å². The lowest BCUT2D eigenvalue weighted by Crippen LogP contribution is -2.57. The standard InChI is InChI=1S/C38H43N3O2/c42-34(41-38-19-25-10-30-11-26(20-38)18-37(30,17-25)21-38)28-3-6-32-29(12-28)13-33(40-32)27-1-4-31(5-2-27)39-35(43)36-14-22-7-23(15-36)9-24(8-22)16-36/h1-6,12-13,22-26,30,40H,7-11,14-21H2,(H,39,43)(H,41,42)/t22?,23?,24?,25-,26-,30?,36?,37?,38?/m0/s1. The van der Waals surface area contributed by atoms with E-state index in [1.165, 1.54) is 64.2 Å². The molecule has 8 fully saturated rings. The minimum absolute atomic E-state index is 0.0132. The third kappa shape index (κ3) is 3.82. The van der Waals surface area contributed by atoms with Crippen molar-refractivity contribution in [3.05, 3.63) is 54.1 Å². The first-order valence-corrected chi connectivity index (χ1v) is 17.2. The minimum Gasteiger partial charge on any atom is -0.355 e. The quantitative estimate of drug-likeness (QED) is 0.289. The van der Waals surface area contributed by atoms with Gasteiger partial charge < -0.3 is 15.6 Å². The summed E-state index contributed by atoms with van der Waals surface area (Å²) in [5, 5.41) is 7.97. The van der Waals surface area contributed by atoms with E-state index in [2.05, 4.69) is 45.9 Å². The summed E-state index contributed by atoms with van der Waals surface area (Å²) in [6.07, 6.45) is 16.5. The minimum atomic E-state index is -0.135. The number of rotatable bonds is 5.